The normalized spacial score (nSPS) is 13.4. The van der Waals surface area contributed by atoms with Gasteiger partial charge in [0.2, 0.25) is 5.91 Å². The molecule has 3 atom stereocenters. The molecule has 3 amide bonds. The summed E-state index contributed by atoms with van der Waals surface area (Å²) < 4.78 is 11.0. The van der Waals surface area contributed by atoms with Crippen LogP contribution in [0.1, 0.15) is 65.1 Å². The molecule has 0 radical (unpaired) electrons. The first-order valence-electron chi connectivity index (χ1n) is 14.2. The molecule has 10 nitrogen and oxygen atoms in total. The van der Waals surface area contributed by atoms with Crippen LogP contribution in [0.15, 0.2) is 54.6 Å². The largest absolute Gasteiger partial charge is 0.508 e. The van der Waals surface area contributed by atoms with Gasteiger partial charge >= 0.3 is 12.1 Å². The molecule has 0 aromatic heterocycles. The van der Waals surface area contributed by atoms with E-state index in [1.54, 1.807) is 41.5 Å². The maximum atomic E-state index is 14.1. The molecule has 0 aliphatic carbocycles. The van der Waals surface area contributed by atoms with Crippen molar-refractivity contribution in [3.05, 3.63) is 65.7 Å². The van der Waals surface area contributed by atoms with Crippen molar-refractivity contribution >= 4 is 35.6 Å². The number of esters is 1. The summed E-state index contributed by atoms with van der Waals surface area (Å²) in [5, 5.41) is 15.2. The Bertz CT molecular complexity index is 1310. The third kappa shape index (κ3) is 11.8. The zero-order chi connectivity index (χ0) is 33.1. The van der Waals surface area contributed by atoms with Crippen LogP contribution >= 0.6 is 11.8 Å². The lowest BCUT2D eigenvalue weighted by atomic mass is 10.0. The molecule has 2 aromatic carbocycles. The number of carbonyl (C=O) groups excluding carboxylic acids is 4. The fourth-order valence-corrected chi connectivity index (χ4v) is 4.59. The minimum Gasteiger partial charge on any atom is -0.508 e. The zero-order valence-corrected chi connectivity index (χ0v) is 27.2. The van der Waals surface area contributed by atoms with Crippen molar-refractivity contribution in [1.82, 2.24) is 15.5 Å². The highest BCUT2D eigenvalue weighted by Gasteiger charge is 2.38. The number of alkyl carbamates (subject to hydrolysis) is 1. The zero-order valence-electron chi connectivity index (χ0n) is 26.4. The van der Waals surface area contributed by atoms with Gasteiger partial charge in [0.05, 0.1) is 0 Å². The van der Waals surface area contributed by atoms with Crippen LogP contribution in [0.4, 0.5) is 4.79 Å². The lowest BCUT2D eigenvalue weighted by Crippen LogP contribution is -2.53. The van der Waals surface area contributed by atoms with Crippen LogP contribution in [-0.2, 0) is 30.3 Å². The molecule has 11 heteroatoms. The van der Waals surface area contributed by atoms with E-state index in [4.69, 9.17) is 15.9 Å². The van der Waals surface area contributed by atoms with Gasteiger partial charge in [-0.3, -0.25) is 14.5 Å². The fourth-order valence-electron chi connectivity index (χ4n) is 4.12. The lowest BCUT2D eigenvalue weighted by molar-refractivity contribution is -0.159. The second kappa shape index (κ2) is 16.1. The van der Waals surface area contributed by atoms with Crippen LogP contribution in [0.25, 0.3) is 0 Å². The molecule has 0 heterocycles. The van der Waals surface area contributed by atoms with Gasteiger partial charge in [-0.15, -0.1) is 0 Å². The van der Waals surface area contributed by atoms with Crippen LogP contribution in [0.5, 0.6) is 5.75 Å². The summed E-state index contributed by atoms with van der Waals surface area (Å²) in [7, 11) is 0. The third-order valence-electron chi connectivity index (χ3n) is 5.98. The van der Waals surface area contributed by atoms with E-state index in [1.165, 1.54) is 36.0 Å². The van der Waals surface area contributed by atoms with E-state index in [2.05, 4.69) is 16.7 Å². The van der Waals surface area contributed by atoms with Crippen molar-refractivity contribution in [2.45, 2.75) is 83.7 Å². The first-order valence-corrected chi connectivity index (χ1v) is 15.6. The van der Waals surface area contributed by atoms with Crippen molar-refractivity contribution < 1.29 is 33.8 Å². The molecular formula is C33H43N3O7S. The predicted molar refractivity (Wildman–Crippen MR) is 171 cm³/mol. The van der Waals surface area contributed by atoms with Crippen LogP contribution < -0.4 is 10.6 Å². The molecule has 2 rings (SSSR count). The maximum Gasteiger partial charge on any atom is 0.408 e. The van der Waals surface area contributed by atoms with Gasteiger partial charge in [-0.2, -0.15) is 11.8 Å². The number of phenols is 1. The number of nitrogens with zero attached hydrogens (tertiary/aromatic N) is 1. The van der Waals surface area contributed by atoms with Crippen molar-refractivity contribution in [3.63, 3.8) is 0 Å². The van der Waals surface area contributed by atoms with Gasteiger partial charge in [0.15, 0.2) is 0 Å². The number of thioether (sulfide) groups is 1. The van der Waals surface area contributed by atoms with E-state index in [0.717, 1.165) is 10.5 Å². The highest BCUT2D eigenvalue weighted by molar-refractivity contribution is 7.98. The molecule has 0 saturated carbocycles. The van der Waals surface area contributed by atoms with Gasteiger partial charge in [0.25, 0.3) is 5.91 Å². The predicted octanol–water partition coefficient (Wildman–Crippen LogP) is 4.57. The SMILES string of the molecule is C#CN(C(=O)C(CCSC)NC(=O)OC(C)(C)C)C(C(=O)NC(Cc1ccccc1)C(=O)OC(C)(C)C)c1ccc(O)cc1. The number of hydrogen-bond acceptors (Lipinski definition) is 8. The van der Waals surface area contributed by atoms with Crippen molar-refractivity contribution in [3.8, 4) is 18.2 Å². The molecular weight excluding hydrogens is 582 g/mol. The lowest BCUT2D eigenvalue weighted by Gasteiger charge is -2.32. The average Bonchev–Trinajstić information content (AvgIpc) is 2.92. The first-order chi connectivity index (χ1) is 20.5. The van der Waals surface area contributed by atoms with E-state index in [9.17, 15) is 24.3 Å². The van der Waals surface area contributed by atoms with Gasteiger partial charge in [-0.25, -0.2) is 9.59 Å². The van der Waals surface area contributed by atoms with Gasteiger partial charge in [-0.1, -0.05) is 48.9 Å². The summed E-state index contributed by atoms with van der Waals surface area (Å²) in [6.45, 7) is 10.2. The number of nitrogens with one attached hydrogen (secondary N) is 2. The summed E-state index contributed by atoms with van der Waals surface area (Å²) in [6.07, 6.45) is 7.22. The molecule has 3 unspecified atom stereocenters. The number of benzene rings is 2. The molecule has 3 N–H and O–H groups in total. The van der Waals surface area contributed by atoms with E-state index in [1.807, 2.05) is 36.6 Å². The Morgan fingerprint density at radius 2 is 1.50 bits per heavy atom. The highest BCUT2D eigenvalue weighted by Crippen LogP contribution is 2.25. The summed E-state index contributed by atoms with van der Waals surface area (Å²) in [4.78, 5) is 54.8. The Morgan fingerprint density at radius 1 is 0.909 bits per heavy atom. The summed E-state index contributed by atoms with van der Waals surface area (Å²) >= 11 is 1.46. The molecule has 0 aliphatic heterocycles. The Balaban J connectivity index is 2.51. The monoisotopic (exact) mass is 625 g/mol. The Kier molecular flexibility index (Phi) is 13.1. The van der Waals surface area contributed by atoms with E-state index in [-0.39, 0.29) is 24.2 Å². The molecule has 0 spiro atoms. The molecule has 0 fully saturated rings. The van der Waals surface area contributed by atoms with Gasteiger partial charge in [0.1, 0.15) is 35.1 Å². The standard InChI is InChI=1S/C33H43N3O7S/c1-9-36(29(39)25(19-20-44-8)35-31(41)43-33(5,6)7)27(23-15-17-24(37)18-16-23)28(38)34-26(30(40)42-32(2,3)4)21-22-13-11-10-12-14-22/h1,10-18,25-27,37H,19-21H2,2-8H3,(H,34,38)(H,35,41). The molecule has 0 bridgehead atoms. The maximum absolute atomic E-state index is 14.1. The third-order valence-corrected chi connectivity index (χ3v) is 6.63. The molecule has 0 aliphatic rings. The van der Waals surface area contributed by atoms with Gasteiger partial charge < -0.3 is 25.2 Å². The highest BCUT2D eigenvalue weighted by atomic mass is 32.2. The number of amides is 3. The Hall–Kier alpha value is -4.17. The van der Waals surface area contributed by atoms with Crippen LogP contribution in [0.2, 0.25) is 0 Å². The van der Waals surface area contributed by atoms with E-state index >= 15 is 0 Å². The topological polar surface area (TPSA) is 134 Å². The Labute approximate surface area is 264 Å². The smallest absolute Gasteiger partial charge is 0.408 e. The summed E-state index contributed by atoms with van der Waals surface area (Å²) in [5.74, 6) is -1.71. The van der Waals surface area contributed by atoms with E-state index in [0.29, 0.717) is 5.75 Å². The number of ether oxygens (including phenoxy) is 2. The number of carbonyl (C=O) groups is 4. The van der Waals surface area contributed by atoms with Crippen LogP contribution in [0, 0.1) is 12.5 Å². The second-order valence-electron chi connectivity index (χ2n) is 12.1. The quantitative estimate of drug-likeness (QED) is 0.178. The van der Waals surface area contributed by atoms with Crippen LogP contribution in [-0.4, -0.2) is 69.2 Å². The minimum absolute atomic E-state index is 0.0633. The van der Waals surface area contributed by atoms with Crippen molar-refractivity contribution in [2.24, 2.45) is 0 Å². The Morgan fingerprint density at radius 3 is 2.02 bits per heavy atom. The van der Waals surface area contributed by atoms with E-state index < -0.39 is 53.2 Å². The number of terminal acetylenes is 1. The fraction of sp³-hybridized carbons (Fsp3) is 0.455. The first kappa shape index (κ1) is 36.0. The molecule has 0 saturated heterocycles. The molecule has 2 aromatic rings. The number of phenolic OH excluding ortho intramolecular Hbond substituents is 1. The van der Waals surface area contributed by atoms with Gasteiger partial charge in [-0.05, 0) is 83.2 Å². The number of rotatable bonds is 12. The van der Waals surface area contributed by atoms with Crippen molar-refractivity contribution in [2.75, 3.05) is 12.0 Å². The molecule has 238 valence electrons. The van der Waals surface area contributed by atoms with Crippen LogP contribution in [0.3, 0.4) is 0 Å². The van der Waals surface area contributed by atoms with Gasteiger partial charge in [0, 0.05) is 12.5 Å². The minimum atomic E-state index is -1.42. The summed E-state index contributed by atoms with van der Waals surface area (Å²) in [6, 6.07) is 13.4. The number of aromatic hydroxyl groups is 1. The average molecular weight is 626 g/mol. The number of hydrogen-bond donors (Lipinski definition) is 3. The molecule has 44 heavy (non-hydrogen) atoms. The second-order valence-corrected chi connectivity index (χ2v) is 13.1. The van der Waals surface area contributed by atoms with Crippen molar-refractivity contribution in [1.29, 1.82) is 0 Å². The summed E-state index contributed by atoms with van der Waals surface area (Å²) in [5.41, 5.74) is -0.595.